The molecule has 1 aromatic carbocycles. The maximum absolute atomic E-state index is 13.3. The molecule has 1 aliphatic rings. The number of hydrogen-bond donors (Lipinski definition) is 1. The minimum absolute atomic E-state index is 0.368. The van der Waals surface area contributed by atoms with Crippen LogP contribution in [0.15, 0.2) is 24.3 Å². The van der Waals surface area contributed by atoms with Crippen LogP contribution in [0.5, 0.6) is 0 Å². The number of nitrogens with zero attached hydrogens (tertiary/aromatic N) is 1. The molecule has 0 spiro atoms. The van der Waals surface area contributed by atoms with Gasteiger partial charge >= 0.3 is 0 Å². The first kappa shape index (κ1) is 14.0. The number of benzene rings is 1. The van der Waals surface area contributed by atoms with Crippen LogP contribution in [0.1, 0.15) is 50.7 Å². The molecule has 0 aliphatic heterocycles. The minimum atomic E-state index is -0.900. The molecule has 0 saturated heterocycles. The molecule has 3 unspecified atom stereocenters. The summed E-state index contributed by atoms with van der Waals surface area (Å²) in [4.78, 5) is 0. The van der Waals surface area contributed by atoms with Crippen molar-refractivity contribution < 1.29 is 9.50 Å². The van der Waals surface area contributed by atoms with Gasteiger partial charge in [-0.25, -0.2) is 4.39 Å². The number of rotatable bonds is 3. The molecule has 1 saturated carbocycles. The first-order valence-electron chi connectivity index (χ1n) is 6.96. The van der Waals surface area contributed by atoms with Gasteiger partial charge in [-0.2, -0.15) is 5.26 Å². The molecule has 3 atom stereocenters. The number of aliphatic hydroxyl groups excluding tert-OH is 1. The fraction of sp³-hybridized carbons (Fsp3) is 0.562. The third-order valence-corrected chi connectivity index (χ3v) is 4.38. The molecule has 2 nitrogen and oxygen atoms in total. The highest BCUT2D eigenvalue weighted by Crippen LogP contribution is 2.48. The van der Waals surface area contributed by atoms with Gasteiger partial charge in [0.05, 0.1) is 17.6 Å². The lowest BCUT2D eigenvalue weighted by atomic mass is 9.65. The van der Waals surface area contributed by atoms with Crippen LogP contribution >= 0.6 is 0 Å². The van der Waals surface area contributed by atoms with Gasteiger partial charge in [0.25, 0.3) is 0 Å². The van der Waals surface area contributed by atoms with Gasteiger partial charge in [0.15, 0.2) is 0 Å². The number of aliphatic hydroxyl groups is 1. The number of hydrogen-bond acceptors (Lipinski definition) is 2. The second kappa shape index (κ2) is 5.71. The molecule has 1 N–H and O–H groups in total. The molecule has 0 heterocycles. The van der Waals surface area contributed by atoms with Gasteiger partial charge in [-0.3, -0.25) is 0 Å². The van der Waals surface area contributed by atoms with Crippen molar-refractivity contribution in [3.05, 3.63) is 35.6 Å². The lowest BCUT2D eigenvalue weighted by Crippen LogP contribution is -2.33. The van der Waals surface area contributed by atoms with Gasteiger partial charge in [0, 0.05) is 0 Å². The standard InChI is InChI=1S/C16H20FNO/c1-2-12-5-4-8-16(10-12,11-18)15(19)13-6-3-7-14(17)9-13/h3,6-7,9,12,15,19H,2,4-5,8,10H2,1H3. The van der Waals surface area contributed by atoms with E-state index in [0.29, 0.717) is 24.3 Å². The first-order chi connectivity index (χ1) is 9.11. The van der Waals surface area contributed by atoms with Crippen molar-refractivity contribution in [2.24, 2.45) is 11.3 Å². The normalized spacial score (nSPS) is 28.6. The molecule has 19 heavy (non-hydrogen) atoms. The van der Waals surface area contributed by atoms with Crippen molar-refractivity contribution in [3.63, 3.8) is 0 Å². The van der Waals surface area contributed by atoms with Gasteiger partial charge in [-0.1, -0.05) is 38.3 Å². The Balaban J connectivity index is 2.28. The van der Waals surface area contributed by atoms with Crippen LogP contribution in [0.4, 0.5) is 4.39 Å². The molecule has 0 bridgehead atoms. The Hall–Kier alpha value is -1.40. The molecular weight excluding hydrogens is 241 g/mol. The van der Waals surface area contributed by atoms with Crippen LogP contribution < -0.4 is 0 Å². The zero-order chi connectivity index (χ0) is 13.9. The van der Waals surface area contributed by atoms with Crippen LogP contribution in [0.3, 0.4) is 0 Å². The van der Waals surface area contributed by atoms with Gasteiger partial charge in [0.2, 0.25) is 0 Å². The topological polar surface area (TPSA) is 44.0 Å². The Morgan fingerprint density at radius 1 is 1.58 bits per heavy atom. The highest BCUT2D eigenvalue weighted by molar-refractivity contribution is 5.24. The summed E-state index contributed by atoms with van der Waals surface area (Å²) in [6, 6.07) is 8.29. The van der Waals surface area contributed by atoms with Crippen molar-refractivity contribution in [2.45, 2.75) is 45.1 Å². The predicted octanol–water partition coefficient (Wildman–Crippen LogP) is 3.97. The summed E-state index contributed by atoms with van der Waals surface area (Å²) in [5.74, 6) is 0.115. The molecule has 0 amide bonds. The smallest absolute Gasteiger partial charge is 0.123 e. The van der Waals surface area contributed by atoms with E-state index >= 15 is 0 Å². The van der Waals surface area contributed by atoms with Crippen molar-refractivity contribution in [1.82, 2.24) is 0 Å². The fourth-order valence-corrected chi connectivity index (χ4v) is 3.18. The highest BCUT2D eigenvalue weighted by atomic mass is 19.1. The highest BCUT2D eigenvalue weighted by Gasteiger charge is 2.42. The first-order valence-corrected chi connectivity index (χ1v) is 6.96. The zero-order valence-electron chi connectivity index (χ0n) is 11.3. The fourth-order valence-electron chi connectivity index (χ4n) is 3.18. The molecule has 0 aromatic heterocycles. The third-order valence-electron chi connectivity index (χ3n) is 4.38. The third kappa shape index (κ3) is 2.79. The van der Waals surface area contributed by atoms with Crippen LogP contribution in [0.2, 0.25) is 0 Å². The number of halogens is 1. The second-order valence-corrected chi connectivity index (χ2v) is 5.60. The molecule has 1 fully saturated rings. The molecular formula is C16H20FNO. The van der Waals surface area contributed by atoms with Gasteiger partial charge < -0.3 is 5.11 Å². The average Bonchev–Trinajstić information content (AvgIpc) is 2.46. The van der Waals surface area contributed by atoms with E-state index in [9.17, 15) is 14.8 Å². The van der Waals surface area contributed by atoms with E-state index in [-0.39, 0.29) is 5.82 Å². The summed E-state index contributed by atoms with van der Waals surface area (Å²) in [5, 5.41) is 20.1. The summed E-state index contributed by atoms with van der Waals surface area (Å²) in [7, 11) is 0. The Bertz CT molecular complexity index is 482. The Morgan fingerprint density at radius 2 is 2.37 bits per heavy atom. The Morgan fingerprint density at radius 3 is 3.00 bits per heavy atom. The van der Waals surface area contributed by atoms with Crippen molar-refractivity contribution in [2.75, 3.05) is 0 Å². The second-order valence-electron chi connectivity index (χ2n) is 5.60. The maximum Gasteiger partial charge on any atom is 0.123 e. The summed E-state index contributed by atoms with van der Waals surface area (Å²) in [5.41, 5.74) is -0.245. The van der Waals surface area contributed by atoms with Crippen LogP contribution in [-0.2, 0) is 0 Å². The van der Waals surface area contributed by atoms with E-state index in [1.807, 2.05) is 0 Å². The van der Waals surface area contributed by atoms with Crippen molar-refractivity contribution >= 4 is 0 Å². The summed E-state index contributed by atoms with van der Waals surface area (Å²) < 4.78 is 13.3. The van der Waals surface area contributed by atoms with Crippen LogP contribution in [-0.4, -0.2) is 5.11 Å². The molecule has 1 aromatic rings. The molecule has 0 radical (unpaired) electrons. The monoisotopic (exact) mass is 261 g/mol. The zero-order valence-corrected chi connectivity index (χ0v) is 11.3. The van der Waals surface area contributed by atoms with Crippen LogP contribution in [0, 0.1) is 28.5 Å². The summed E-state index contributed by atoms with van der Waals surface area (Å²) in [6.45, 7) is 2.12. The van der Waals surface area contributed by atoms with Gasteiger partial charge in [-0.15, -0.1) is 0 Å². The van der Waals surface area contributed by atoms with Gasteiger partial charge in [0.1, 0.15) is 5.82 Å². The van der Waals surface area contributed by atoms with E-state index < -0.39 is 11.5 Å². The van der Waals surface area contributed by atoms with Crippen molar-refractivity contribution in [1.29, 1.82) is 5.26 Å². The van der Waals surface area contributed by atoms with Crippen molar-refractivity contribution in [3.8, 4) is 6.07 Å². The summed E-state index contributed by atoms with van der Waals surface area (Å²) in [6.07, 6.45) is 3.60. The largest absolute Gasteiger partial charge is 0.387 e. The average molecular weight is 261 g/mol. The quantitative estimate of drug-likeness (QED) is 0.894. The number of nitriles is 1. The minimum Gasteiger partial charge on any atom is -0.387 e. The maximum atomic E-state index is 13.3. The predicted molar refractivity (Wildman–Crippen MR) is 71.7 cm³/mol. The molecule has 102 valence electrons. The lowest BCUT2D eigenvalue weighted by molar-refractivity contribution is 0.0183. The van der Waals surface area contributed by atoms with E-state index in [1.54, 1.807) is 12.1 Å². The van der Waals surface area contributed by atoms with E-state index in [4.69, 9.17) is 0 Å². The Kier molecular flexibility index (Phi) is 4.21. The Labute approximate surface area is 113 Å². The van der Waals surface area contributed by atoms with Gasteiger partial charge in [-0.05, 0) is 36.5 Å². The van der Waals surface area contributed by atoms with Crippen LogP contribution in [0.25, 0.3) is 0 Å². The molecule has 2 rings (SSSR count). The summed E-state index contributed by atoms with van der Waals surface area (Å²) >= 11 is 0. The van der Waals surface area contributed by atoms with E-state index in [0.717, 1.165) is 19.3 Å². The lowest BCUT2D eigenvalue weighted by Gasteiger charge is -2.39. The molecule has 1 aliphatic carbocycles. The SMILES string of the molecule is CCC1CCCC(C#N)(C(O)c2cccc(F)c2)C1. The van der Waals surface area contributed by atoms with E-state index in [2.05, 4.69) is 13.0 Å². The molecule has 3 heteroatoms. The van der Waals surface area contributed by atoms with E-state index in [1.165, 1.54) is 12.1 Å².